The second-order valence-electron chi connectivity index (χ2n) is 8.90. The lowest BCUT2D eigenvalue weighted by Crippen LogP contribution is -2.32. The maximum absolute atomic E-state index is 5.88. The third-order valence-corrected chi connectivity index (χ3v) is 6.97. The van der Waals surface area contributed by atoms with E-state index in [0.29, 0.717) is 0 Å². The number of para-hydroxylation sites is 1. The standard InChI is InChI=1S/C29H31N5OS/c1-21-12-17-26(34(21)23-13-15-24(35-2)16-14-23)28-27(25-11-6-7-18-31-25)32-29(36)33(28)20-8-19-30-22-9-4-3-5-10-22/h3-7,9-18,27-28,30H,8,19-20H2,1-2H3,(H,32,36)/t27-,28-/m1/s1. The van der Waals surface area contributed by atoms with Gasteiger partial charge in [-0.25, -0.2) is 0 Å². The van der Waals surface area contributed by atoms with Crippen molar-refractivity contribution in [3.8, 4) is 11.4 Å². The number of nitrogens with zero attached hydrogens (tertiary/aromatic N) is 3. The first-order chi connectivity index (χ1) is 17.7. The summed E-state index contributed by atoms with van der Waals surface area (Å²) in [6.45, 7) is 3.83. The van der Waals surface area contributed by atoms with Crippen LogP contribution in [0.3, 0.4) is 0 Å². The lowest BCUT2D eigenvalue weighted by molar-refractivity contribution is 0.307. The normalized spacial score (nSPS) is 17.2. The van der Waals surface area contributed by atoms with Crippen molar-refractivity contribution in [2.24, 2.45) is 0 Å². The number of pyridine rings is 1. The van der Waals surface area contributed by atoms with Gasteiger partial charge in [0.2, 0.25) is 0 Å². The Kier molecular flexibility index (Phi) is 7.18. The van der Waals surface area contributed by atoms with Crippen molar-refractivity contribution in [2.45, 2.75) is 25.4 Å². The maximum Gasteiger partial charge on any atom is 0.170 e. The number of hydrogen-bond acceptors (Lipinski definition) is 4. The number of hydrogen-bond donors (Lipinski definition) is 2. The van der Waals surface area contributed by atoms with Gasteiger partial charge >= 0.3 is 0 Å². The Labute approximate surface area is 217 Å². The molecule has 6 nitrogen and oxygen atoms in total. The molecule has 2 atom stereocenters. The lowest BCUT2D eigenvalue weighted by Gasteiger charge is -2.29. The largest absolute Gasteiger partial charge is 0.497 e. The molecule has 4 aromatic rings. The summed E-state index contributed by atoms with van der Waals surface area (Å²) in [5.41, 5.74) is 5.55. The Balaban J connectivity index is 1.45. The fourth-order valence-electron chi connectivity index (χ4n) is 4.88. The molecule has 0 spiro atoms. The van der Waals surface area contributed by atoms with E-state index >= 15 is 0 Å². The van der Waals surface area contributed by atoms with Crippen molar-refractivity contribution in [3.05, 3.63) is 108 Å². The number of thiocarbonyl (C=S) groups is 1. The minimum absolute atomic E-state index is 0.0000676. The Hall–Kier alpha value is -3.84. The molecule has 0 amide bonds. The number of ether oxygens (including phenoxy) is 1. The number of benzene rings is 2. The van der Waals surface area contributed by atoms with Gasteiger partial charge in [-0.3, -0.25) is 4.98 Å². The van der Waals surface area contributed by atoms with E-state index in [1.165, 1.54) is 11.4 Å². The van der Waals surface area contributed by atoms with Crippen LogP contribution in [0.5, 0.6) is 5.75 Å². The fraction of sp³-hybridized carbons (Fsp3) is 0.241. The van der Waals surface area contributed by atoms with Crippen LogP contribution in [0.25, 0.3) is 5.69 Å². The van der Waals surface area contributed by atoms with Gasteiger partial charge in [-0.15, -0.1) is 0 Å². The smallest absolute Gasteiger partial charge is 0.170 e. The van der Waals surface area contributed by atoms with E-state index in [2.05, 4.69) is 74.5 Å². The Bertz CT molecular complexity index is 1290. The summed E-state index contributed by atoms with van der Waals surface area (Å²) < 4.78 is 7.69. The molecule has 0 radical (unpaired) electrons. The Morgan fingerprint density at radius 2 is 1.75 bits per heavy atom. The number of nitrogens with one attached hydrogen (secondary N) is 2. The molecule has 0 saturated carbocycles. The summed E-state index contributed by atoms with van der Waals surface area (Å²) in [7, 11) is 1.69. The summed E-state index contributed by atoms with van der Waals surface area (Å²) in [4.78, 5) is 7.00. The van der Waals surface area contributed by atoms with Crippen molar-refractivity contribution in [1.29, 1.82) is 0 Å². The lowest BCUT2D eigenvalue weighted by atomic mass is 10.0. The quantitative estimate of drug-likeness (QED) is 0.230. The summed E-state index contributed by atoms with van der Waals surface area (Å²) in [5.74, 6) is 0.840. The van der Waals surface area contributed by atoms with Crippen LogP contribution >= 0.6 is 12.2 Å². The summed E-state index contributed by atoms with van der Waals surface area (Å²) in [6, 6.07) is 28.9. The first-order valence-corrected chi connectivity index (χ1v) is 12.7. The summed E-state index contributed by atoms with van der Waals surface area (Å²) >= 11 is 5.88. The van der Waals surface area contributed by atoms with Gasteiger partial charge in [0.1, 0.15) is 5.75 Å². The molecule has 184 valence electrons. The highest BCUT2D eigenvalue weighted by molar-refractivity contribution is 7.80. The van der Waals surface area contributed by atoms with Crippen LogP contribution in [0.15, 0.2) is 91.1 Å². The molecule has 1 aliphatic heterocycles. The molecule has 7 heteroatoms. The third-order valence-electron chi connectivity index (χ3n) is 6.62. The molecule has 3 heterocycles. The van der Waals surface area contributed by atoms with Crippen LogP contribution in [0.2, 0.25) is 0 Å². The summed E-state index contributed by atoms with van der Waals surface area (Å²) in [6.07, 6.45) is 2.79. The van der Waals surface area contributed by atoms with Crippen LogP contribution < -0.4 is 15.4 Å². The predicted molar refractivity (Wildman–Crippen MR) is 149 cm³/mol. The molecular weight excluding hydrogens is 466 g/mol. The van der Waals surface area contributed by atoms with Gasteiger partial charge in [-0.2, -0.15) is 0 Å². The van der Waals surface area contributed by atoms with Crippen LogP contribution in [-0.2, 0) is 0 Å². The number of aromatic nitrogens is 2. The third kappa shape index (κ3) is 4.93. The van der Waals surface area contributed by atoms with Gasteiger partial charge in [0.25, 0.3) is 0 Å². The average Bonchev–Trinajstić information content (AvgIpc) is 3.46. The fourth-order valence-corrected chi connectivity index (χ4v) is 5.21. The molecule has 2 aromatic carbocycles. The van der Waals surface area contributed by atoms with E-state index in [-0.39, 0.29) is 12.1 Å². The highest BCUT2D eigenvalue weighted by Crippen LogP contribution is 2.40. The highest BCUT2D eigenvalue weighted by Gasteiger charge is 2.41. The van der Waals surface area contributed by atoms with E-state index in [9.17, 15) is 0 Å². The molecule has 2 N–H and O–H groups in total. The Morgan fingerprint density at radius 3 is 2.47 bits per heavy atom. The zero-order valence-corrected chi connectivity index (χ0v) is 21.4. The Morgan fingerprint density at radius 1 is 0.972 bits per heavy atom. The average molecular weight is 498 g/mol. The van der Waals surface area contributed by atoms with Gasteiger partial charge in [0.15, 0.2) is 5.11 Å². The van der Waals surface area contributed by atoms with Gasteiger partial charge in [0.05, 0.1) is 24.9 Å². The summed E-state index contributed by atoms with van der Waals surface area (Å²) in [5, 5.41) is 7.85. The molecule has 5 rings (SSSR count). The van der Waals surface area contributed by atoms with Crippen molar-refractivity contribution < 1.29 is 4.74 Å². The molecule has 2 aromatic heterocycles. The molecular formula is C29H31N5OS. The van der Waals surface area contributed by atoms with Gasteiger partial charge in [-0.1, -0.05) is 24.3 Å². The highest BCUT2D eigenvalue weighted by atomic mass is 32.1. The first-order valence-electron chi connectivity index (χ1n) is 12.3. The van der Waals surface area contributed by atoms with E-state index in [1.54, 1.807) is 7.11 Å². The zero-order chi connectivity index (χ0) is 24.9. The first kappa shape index (κ1) is 23.9. The van der Waals surface area contributed by atoms with E-state index in [4.69, 9.17) is 17.0 Å². The molecule has 1 saturated heterocycles. The van der Waals surface area contributed by atoms with Crippen LogP contribution in [0.1, 0.15) is 35.6 Å². The second-order valence-corrected chi connectivity index (χ2v) is 9.29. The topological polar surface area (TPSA) is 54.4 Å². The van der Waals surface area contributed by atoms with Crippen molar-refractivity contribution >= 4 is 23.0 Å². The zero-order valence-electron chi connectivity index (χ0n) is 20.6. The van der Waals surface area contributed by atoms with E-state index < -0.39 is 0 Å². The number of rotatable bonds is 9. The van der Waals surface area contributed by atoms with Crippen molar-refractivity contribution in [3.63, 3.8) is 0 Å². The van der Waals surface area contributed by atoms with Crippen molar-refractivity contribution in [1.82, 2.24) is 19.8 Å². The second kappa shape index (κ2) is 10.8. The van der Waals surface area contributed by atoms with E-state index in [1.807, 2.05) is 48.7 Å². The van der Waals surface area contributed by atoms with Crippen LogP contribution in [0.4, 0.5) is 5.69 Å². The molecule has 0 unspecified atom stereocenters. The van der Waals surface area contributed by atoms with Gasteiger partial charge < -0.3 is 24.8 Å². The monoisotopic (exact) mass is 497 g/mol. The van der Waals surface area contributed by atoms with Crippen LogP contribution in [-0.4, -0.2) is 39.8 Å². The maximum atomic E-state index is 5.88. The minimum Gasteiger partial charge on any atom is -0.497 e. The predicted octanol–water partition coefficient (Wildman–Crippen LogP) is 5.66. The SMILES string of the molecule is COc1ccc(-n2c(C)ccc2[C@@H]2[C@@H](c3ccccn3)NC(=S)N2CCCNc2ccccc2)cc1. The van der Waals surface area contributed by atoms with Crippen LogP contribution in [0, 0.1) is 6.92 Å². The number of methoxy groups -OCH3 is 1. The molecule has 0 aliphatic carbocycles. The van der Waals surface area contributed by atoms with Gasteiger partial charge in [-0.05, 0) is 86.2 Å². The number of anilines is 1. The number of aryl methyl sites for hydroxylation is 1. The molecule has 0 bridgehead atoms. The minimum atomic E-state index is -0.0490. The molecule has 1 fully saturated rings. The molecule has 1 aliphatic rings. The molecule has 36 heavy (non-hydrogen) atoms. The van der Waals surface area contributed by atoms with Crippen molar-refractivity contribution in [2.75, 3.05) is 25.5 Å². The van der Waals surface area contributed by atoms with E-state index in [0.717, 1.165) is 47.4 Å². The van der Waals surface area contributed by atoms with Gasteiger partial charge in [0, 0.05) is 42.0 Å².